The van der Waals surface area contributed by atoms with Crippen molar-refractivity contribution >= 4 is 10.9 Å². The van der Waals surface area contributed by atoms with Crippen molar-refractivity contribution in [1.29, 1.82) is 0 Å². The number of nitrogens with zero attached hydrogens (tertiary/aromatic N) is 1. The summed E-state index contributed by atoms with van der Waals surface area (Å²) in [6.07, 6.45) is 2.49. The minimum absolute atomic E-state index is 0.332. The molecule has 2 heterocycles. The van der Waals surface area contributed by atoms with Crippen LogP contribution in [0.1, 0.15) is 18.5 Å². The number of aryl methyl sites for hydroxylation is 1. The lowest BCUT2D eigenvalue weighted by Gasteiger charge is -2.24. The maximum absolute atomic E-state index is 6.13. The van der Waals surface area contributed by atoms with Crippen molar-refractivity contribution in [3.63, 3.8) is 0 Å². The fourth-order valence-electron chi connectivity index (χ4n) is 2.42. The molecule has 1 saturated heterocycles. The number of hydrogen-bond acceptors (Lipinski definition) is 3. The van der Waals surface area contributed by atoms with E-state index in [1.807, 2.05) is 31.2 Å². The van der Waals surface area contributed by atoms with Gasteiger partial charge in [-0.3, -0.25) is 4.98 Å². The van der Waals surface area contributed by atoms with Gasteiger partial charge in [-0.15, -0.1) is 0 Å². The molecule has 1 N–H and O–H groups in total. The topological polar surface area (TPSA) is 34.1 Å². The average molecular weight is 242 g/mol. The maximum atomic E-state index is 6.13. The largest absolute Gasteiger partial charge is 0.490 e. The third-order valence-corrected chi connectivity index (χ3v) is 3.41. The van der Waals surface area contributed by atoms with E-state index in [-0.39, 0.29) is 0 Å². The lowest BCUT2D eigenvalue weighted by molar-refractivity contribution is 0.164. The second-order valence-electron chi connectivity index (χ2n) is 4.84. The van der Waals surface area contributed by atoms with Gasteiger partial charge in [-0.1, -0.05) is 6.07 Å². The van der Waals surface area contributed by atoms with Gasteiger partial charge in [0.05, 0.1) is 5.52 Å². The molecule has 1 aliphatic rings. The van der Waals surface area contributed by atoms with Gasteiger partial charge in [-0.05, 0) is 57.1 Å². The summed E-state index contributed by atoms with van der Waals surface area (Å²) in [5, 5.41) is 4.47. The molecule has 2 aromatic rings. The smallest absolute Gasteiger partial charge is 0.129 e. The van der Waals surface area contributed by atoms with Crippen molar-refractivity contribution in [2.45, 2.75) is 25.9 Å². The van der Waals surface area contributed by atoms with Crippen molar-refractivity contribution in [3.8, 4) is 5.75 Å². The number of hydrogen-bond donors (Lipinski definition) is 1. The second-order valence-corrected chi connectivity index (χ2v) is 4.84. The summed E-state index contributed by atoms with van der Waals surface area (Å²) in [6, 6.07) is 10.2. The molecular formula is C15H18N2O. The molecule has 1 aromatic carbocycles. The molecule has 18 heavy (non-hydrogen) atoms. The fourth-order valence-corrected chi connectivity index (χ4v) is 2.42. The Labute approximate surface area is 107 Å². The molecule has 0 radical (unpaired) electrons. The molecule has 3 heteroatoms. The van der Waals surface area contributed by atoms with Gasteiger partial charge < -0.3 is 10.1 Å². The fraction of sp³-hybridized carbons (Fsp3) is 0.400. The van der Waals surface area contributed by atoms with Crippen LogP contribution in [-0.2, 0) is 0 Å². The van der Waals surface area contributed by atoms with Crippen LogP contribution in [0.4, 0.5) is 0 Å². The zero-order chi connectivity index (χ0) is 12.4. The molecule has 0 bridgehead atoms. The molecular weight excluding hydrogens is 224 g/mol. The minimum atomic E-state index is 0.332. The van der Waals surface area contributed by atoms with Crippen molar-refractivity contribution in [1.82, 2.24) is 10.3 Å². The Balaban J connectivity index is 1.91. The monoisotopic (exact) mass is 242 g/mol. The highest BCUT2D eigenvalue weighted by atomic mass is 16.5. The number of pyridine rings is 1. The predicted octanol–water partition coefficient (Wildman–Crippen LogP) is 2.67. The van der Waals surface area contributed by atoms with Gasteiger partial charge in [0.2, 0.25) is 0 Å². The van der Waals surface area contributed by atoms with E-state index in [0.717, 1.165) is 48.3 Å². The summed E-state index contributed by atoms with van der Waals surface area (Å²) in [6.45, 7) is 4.11. The number of fused-ring (bicyclic) bond motifs is 1. The van der Waals surface area contributed by atoms with E-state index in [4.69, 9.17) is 4.74 Å². The van der Waals surface area contributed by atoms with Crippen molar-refractivity contribution < 1.29 is 4.74 Å². The Kier molecular flexibility index (Phi) is 3.15. The Morgan fingerprint density at radius 1 is 1.17 bits per heavy atom. The first kappa shape index (κ1) is 11.5. The number of piperidine rings is 1. The lowest BCUT2D eigenvalue weighted by atomic mass is 10.1. The van der Waals surface area contributed by atoms with E-state index >= 15 is 0 Å². The van der Waals surface area contributed by atoms with Crippen LogP contribution in [-0.4, -0.2) is 24.2 Å². The van der Waals surface area contributed by atoms with Gasteiger partial charge in [0, 0.05) is 11.1 Å². The van der Waals surface area contributed by atoms with E-state index in [9.17, 15) is 0 Å². The van der Waals surface area contributed by atoms with Crippen molar-refractivity contribution in [2.75, 3.05) is 13.1 Å². The van der Waals surface area contributed by atoms with Crippen LogP contribution in [0.2, 0.25) is 0 Å². The highest BCUT2D eigenvalue weighted by Gasteiger charge is 2.15. The summed E-state index contributed by atoms with van der Waals surface area (Å²) >= 11 is 0. The Bertz CT molecular complexity index is 547. The number of aromatic nitrogens is 1. The predicted molar refractivity (Wildman–Crippen MR) is 73.0 cm³/mol. The first-order chi connectivity index (χ1) is 8.83. The van der Waals surface area contributed by atoms with Crippen molar-refractivity contribution in [2.24, 2.45) is 0 Å². The molecule has 1 aromatic heterocycles. The van der Waals surface area contributed by atoms with Crippen LogP contribution in [0.25, 0.3) is 10.9 Å². The van der Waals surface area contributed by atoms with Gasteiger partial charge >= 0.3 is 0 Å². The van der Waals surface area contributed by atoms with Crippen LogP contribution in [0, 0.1) is 6.92 Å². The van der Waals surface area contributed by atoms with Crippen molar-refractivity contribution in [3.05, 3.63) is 36.0 Å². The van der Waals surface area contributed by atoms with Crippen LogP contribution >= 0.6 is 0 Å². The highest BCUT2D eigenvalue weighted by molar-refractivity contribution is 5.85. The molecule has 0 atom stereocenters. The first-order valence-corrected chi connectivity index (χ1v) is 6.57. The van der Waals surface area contributed by atoms with Crippen LogP contribution < -0.4 is 10.1 Å². The number of nitrogens with one attached hydrogen (secondary N) is 1. The molecule has 0 spiro atoms. The van der Waals surface area contributed by atoms with Crippen LogP contribution in [0.15, 0.2) is 30.3 Å². The summed E-state index contributed by atoms with van der Waals surface area (Å²) < 4.78 is 6.13. The molecule has 0 aliphatic carbocycles. The second kappa shape index (κ2) is 4.94. The normalized spacial score (nSPS) is 16.9. The quantitative estimate of drug-likeness (QED) is 0.879. The van der Waals surface area contributed by atoms with E-state index in [2.05, 4.69) is 16.4 Å². The van der Waals surface area contributed by atoms with E-state index in [0.29, 0.717) is 6.10 Å². The Hall–Kier alpha value is -1.61. The minimum Gasteiger partial charge on any atom is -0.490 e. The van der Waals surface area contributed by atoms with E-state index < -0.39 is 0 Å². The first-order valence-electron chi connectivity index (χ1n) is 6.57. The summed E-state index contributed by atoms with van der Waals surface area (Å²) in [5.74, 6) is 0.965. The standard InChI is InChI=1S/C15H18N2O/c1-11-5-6-13-14(17-11)3-2-4-15(13)18-12-7-9-16-10-8-12/h2-6,12,16H,7-10H2,1H3. The zero-order valence-corrected chi connectivity index (χ0v) is 10.6. The maximum Gasteiger partial charge on any atom is 0.129 e. The van der Waals surface area contributed by atoms with E-state index in [1.165, 1.54) is 0 Å². The average Bonchev–Trinajstić information content (AvgIpc) is 2.40. The summed E-state index contributed by atoms with van der Waals surface area (Å²) in [5.41, 5.74) is 2.06. The molecule has 1 fully saturated rings. The molecule has 0 saturated carbocycles. The van der Waals surface area contributed by atoms with Gasteiger partial charge in [0.15, 0.2) is 0 Å². The third kappa shape index (κ3) is 2.31. The van der Waals surface area contributed by atoms with Crippen LogP contribution in [0.3, 0.4) is 0 Å². The molecule has 3 nitrogen and oxygen atoms in total. The summed E-state index contributed by atoms with van der Waals surface area (Å²) in [7, 11) is 0. The number of rotatable bonds is 2. The lowest BCUT2D eigenvalue weighted by Crippen LogP contribution is -2.34. The summed E-state index contributed by atoms with van der Waals surface area (Å²) in [4.78, 5) is 4.54. The molecule has 1 aliphatic heterocycles. The van der Waals surface area contributed by atoms with Crippen LogP contribution in [0.5, 0.6) is 5.75 Å². The molecule has 3 rings (SSSR count). The highest BCUT2D eigenvalue weighted by Crippen LogP contribution is 2.26. The SMILES string of the molecule is Cc1ccc2c(OC3CCNCC3)cccc2n1. The van der Waals surface area contributed by atoms with Gasteiger partial charge in [-0.25, -0.2) is 0 Å². The molecule has 0 amide bonds. The number of ether oxygens (including phenoxy) is 1. The Morgan fingerprint density at radius 2 is 2.00 bits per heavy atom. The molecule has 94 valence electrons. The van der Waals surface area contributed by atoms with Gasteiger partial charge in [-0.2, -0.15) is 0 Å². The molecule has 0 unspecified atom stereocenters. The number of benzene rings is 1. The third-order valence-electron chi connectivity index (χ3n) is 3.41. The zero-order valence-electron chi connectivity index (χ0n) is 10.6. The Morgan fingerprint density at radius 3 is 2.83 bits per heavy atom. The van der Waals surface area contributed by atoms with E-state index in [1.54, 1.807) is 0 Å². The van der Waals surface area contributed by atoms with Gasteiger partial charge in [0.25, 0.3) is 0 Å². The van der Waals surface area contributed by atoms with Gasteiger partial charge in [0.1, 0.15) is 11.9 Å².